The van der Waals surface area contributed by atoms with E-state index in [9.17, 15) is 0 Å². The number of hydrogen-bond acceptors (Lipinski definition) is 3. The summed E-state index contributed by atoms with van der Waals surface area (Å²) in [5.74, 6) is 0. The number of morpholine rings is 1. The molecule has 1 heterocycles. The van der Waals surface area contributed by atoms with Crippen LogP contribution in [0.5, 0.6) is 0 Å². The van der Waals surface area contributed by atoms with Crippen LogP contribution in [0.2, 0.25) is 0 Å². The van der Waals surface area contributed by atoms with E-state index in [4.69, 9.17) is 10.5 Å². The Morgan fingerprint density at radius 1 is 1.18 bits per heavy atom. The van der Waals surface area contributed by atoms with Crippen LogP contribution in [0, 0.1) is 0 Å². The largest absolute Gasteiger partial charge is 0.373 e. The Morgan fingerprint density at radius 3 is 2.35 bits per heavy atom. The highest BCUT2D eigenvalue weighted by Gasteiger charge is 2.22. The fraction of sp³-hybridized carbons (Fsp3) is 0.571. The smallest absolute Gasteiger partial charge is 0.0678 e. The van der Waals surface area contributed by atoms with Gasteiger partial charge in [0.05, 0.1) is 12.2 Å². The summed E-state index contributed by atoms with van der Waals surface area (Å²) < 4.78 is 5.74. The van der Waals surface area contributed by atoms with Crippen LogP contribution < -0.4 is 5.73 Å². The SMILES string of the molecule is C[C@@H]1CN(Cc2ccccc2CN)C[C@@H](C)O1. The lowest BCUT2D eigenvalue weighted by Crippen LogP contribution is -2.44. The van der Waals surface area contributed by atoms with E-state index in [0.717, 1.165) is 19.6 Å². The van der Waals surface area contributed by atoms with E-state index >= 15 is 0 Å². The van der Waals surface area contributed by atoms with Gasteiger partial charge in [-0.05, 0) is 25.0 Å². The molecule has 0 bridgehead atoms. The minimum Gasteiger partial charge on any atom is -0.373 e. The maximum Gasteiger partial charge on any atom is 0.0678 e. The molecule has 0 radical (unpaired) electrons. The molecule has 3 nitrogen and oxygen atoms in total. The molecule has 0 aliphatic carbocycles. The van der Waals surface area contributed by atoms with E-state index in [-0.39, 0.29) is 0 Å². The molecular weight excluding hydrogens is 212 g/mol. The van der Waals surface area contributed by atoms with Crippen molar-refractivity contribution in [1.29, 1.82) is 0 Å². The predicted molar refractivity (Wildman–Crippen MR) is 69.6 cm³/mol. The second kappa shape index (κ2) is 5.63. The summed E-state index contributed by atoms with van der Waals surface area (Å²) in [7, 11) is 0. The zero-order valence-electron chi connectivity index (χ0n) is 10.7. The maximum absolute atomic E-state index is 5.77. The van der Waals surface area contributed by atoms with Gasteiger partial charge in [0.15, 0.2) is 0 Å². The molecule has 1 aromatic rings. The molecule has 1 saturated heterocycles. The summed E-state index contributed by atoms with van der Waals surface area (Å²) in [4.78, 5) is 2.45. The van der Waals surface area contributed by atoms with Gasteiger partial charge in [0, 0.05) is 26.2 Å². The zero-order chi connectivity index (χ0) is 12.3. The van der Waals surface area contributed by atoms with Crippen molar-refractivity contribution in [1.82, 2.24) is 4.90 Å². The first-order chi connectivity index (χ1) is 8.19. The minimum absolute atomic E-state index is 0.323. The van der Waals surface area contributed by atoms with Gasteiger partial charge in [-0.1, -0.05) is 24.3 Å². The predicted octanol–water partition coefficient (Wildman–Crippen LogP) is 1.75. The molecule has 2 atom stereocenters. The number of nitrogens with zero attached hydrogens (tertiary/aromatic N) is 1. The standard InChI is InChI=1S/C14H22N2O/c1-11-8-16(9-12(2)17-11)10-14-6-4-3-5-13(14)7-15/h3-6,11-12H,7-10,15H2,1-2H3/t11-,12-/m1/s1. The molecule has 3 heteroatoms. The van der Waals surface area contributed by atoms with E-state index in [1.54, 1.807) is 0 Å². The first kappa shape index (κ1) is 12.6. The Balaban J connectivity index is 2.04. The highest BCUT2D eigenvalue weighted by atomic mass is 16.5. The second-order valence-corrected chi connectivity index (χ2v) is 4.92. The van der Waals surface area contributed by atoms with Gasteiger partial charge in [-0.3, -0.25) is 4.90 Å². The van der Waals surface area contributed by atoms with Gasteiger partial charge in [0.25, 0.3) is 0 Å². The molecule has 2 N–H and O–H groups in total. The third kappa shape index (κ3) is 3.28. The molecule has 17 heavy (non-hydrogen) atoms. The summed E-state index contributed by atoms with van der Waals surface area (Å²) in [6, 6.07) is 8.42. The Hall–Kier alpha value is -0.900. The molecule has 1 fully saturated rings. The van der Waals surface area contributed by atoms with Gasteiger partial charge in [-0.25, -0.2) is 0 Å². The molecule has 0 amide bonds. The first-order valence-corrected chi connectivity index (χ1v) is 6.33. The van der Waals surface area contributed by atoms with Gasteiger partial charge in [0.1, 0.15) is 0 Å². The number of rotatable bonds is 3. The minimum atomic E-state index is 0.323. The van der Waals surface area contributed by atoms with Crippen molar-refractivity contribution >= 4 is 0 Å². The Labute approximate surface area is 104 Å². The fourth-order valence-corrected chi connectivity index (χ4v) is 2.57. The Kier molecular flexibility index (Phi) is 4.15. The highest BCUT2D eigenvalue weighted by Crippen LogP contribution is 2.16. The molecule has 1 aliphatic heterocycles. The monoisotopic (exact) mass is 234 g/mol. The van der Waals surface area contributed by atoms with Crippen LogP contribution in [-0.4, -0.2) is 30.2 Å². The summed E-state index contributed by atoms with van der Waals surface area (Å²) in [6.07, 6.45) is 0.646. The number of ether oxygens (including phenoxy) is 1. The van der Waals surface area contributed by atoms with Crippen molar-refractivity contribution in [2.75, 3.05) is 13.1 Å². The molecule has 0 saturated carbocycles. The van der Waals surface area contributed by atoms with Gasteiger partial charge in [0.2, 0.25) is 0 Å². The lowest BCUT2D eigenvalue weighted by atomic mass is 10.1. The van der Waals surface area contributed by atoms with Crippen LogP contribution in [0.15, 0.2) is 24.3 Å². The van der Waals surface area contributed by atoms with Gasteiger partial charge < -0.3 is 10.5 Å². The zero-order valence-corrected chi connectivity index (χ0v) is 10.7. The lowest BCUT2D eigenvalue weighted by Gasteiger charge is -2.35. The topological polar surface area (TPSA) is 38.5 Å². The number of nitrogens with two attached hydrogens (primary N) is 1. The van der Waals surface area contributed by atoms with E-state index in [0.29, 0.717) is 18.8 Å². The second-order valence-electron chi connectivity index (χ2n) is 4.92. The summed E-state index contributed by atoms with van der Waals surface area (Å²) in [6.45, 7) is 7.87. The average molecular weight is 234 g/mol. The van der Waals surface area contributed by atoms with Crippen LogP contribution in [0.1, 0.15) is 25.0 Å². The third-order valence-corrected chi connectivity index (χ3v) is 3.23. The molecule has 2 rings (SSSR count). The molecule has 0 aromatic heterocycles. The summed E-state index contributed by atoms with van der Waals surface area (Å²) in [5, 5.41) is 0. The van der Waals surface area contributed by atoms with Crippen molar-refractivity contribution in [3.05, 3.63) is 35.4 Å². The summed E-state index contributed by atoms with van der Waals surface area (Å²) >= 11 is 0. The quantitative estimate of drug-likeness (QED) is 0.866. The van der Waals surface area contributed by atoms with Crippen LogP contribution in [0.3, 0.4) is 0 Å². The van der Waals surface area contributed by atoms with Gasteiger partial charge in [-0.2, -0.15) is 0 Å². The summed E-state index contributed by atoms with van der Waals surface area (Å²) in [5.41, 5.74) is 8.36. The van der Waals surface area contributed by atoms with E-state index in [1.807, 2.05) is 0 Å². The maximum atomic E-state index is 5.77. The van der Waals surface area contributed by atoms with E-state index in [1.165, 1.54) is 11.1 Å². The third-order valence-electron chi connectivity index (χ3n) is 3.23. The van der Waals surface area contributed by atoms with Crippen molar-refractivity contribution in [3.8, 4) is 0 Å². The van der Waals surface area contributed by atoms with Crippen molar-refractivity contribution < 1.29 is 4.74 Å². The van der Waals surface area contributed by atoms with E-state index in [2.05, 4.69) is 43.0 Å². The molecule has 0 unspecified atom stereocenters. The molecule has 94 valence electrons. The Morgan fingerprint density at radius 2 is 1.76 bits per heavy atom. The fourth-order valence-electron chi connectivity index (χ4n) is 2.57. The number of hydrogen-bond donors (Lipinski definition) is 1. The average Bonchev–Trinajstić information content (AvgIpc) is 2.28. The van der Waals surface area contributed by atoms with Crippen LogP contribution in [0.4, 0.5) is 0 Å². The molecule has 1 aromatic carbocycles. The molecular formula is C14H22N2O. The normalized spacial score (nSPS) is 26.1. The van der Waals surface area contributed by atoms with Crippen molar-refractivity contribution in [2.24, 2.45) is 5.73 Å². The Bertz CT molecular complexity index is 357. The lowest BCUT2D eigenvalue weighted by molar-refractivity contribution is -0.0705. The first-order valence-electron chi connectivity index (χ1n) is 6.33. The highest BCUT2D eigenvalue weighted by molar-refractivity contribution is 5.26. The van der Waals surface area contributed by atoms with E-state index < -0.39 is 0 Å². The van der Waals surface area contributed by atoms with Crippen LogP contribution in [0.25, 0.3) is 0 Å². The van der Waals surface area contributed by atoms with Gasteiger partial charge >= 0.3 is 0 Å². The van der Waals surface area contributed by atoms with Crippen LogP contribution >= 0.6 is 0 Å². The molecule has 1 aliphatic rings. The van der Waals surface area contributed by atoms with Crippen molar-refractivity contribution in [3.63, 3.8) is 0 Å². The molecule has 0 spiro atoms. The van der Waals surface area contributed by atoms with Gasteiger partial charge in [-0.15, -0.1) is 0 Å². The van der Waals surface area contributed by atoms with Crippen molar-refractivity contribution in [2.45, 2.75) is 39.1 Å². The van der Waals surface area contributed by atoms with Crippen LogP contribution in [-0.2, 0) is 17.8 Å². The number of benzene rings is 1.